The molecule has 1 aliphatic carbocycles. The Morgan fingerprint density at radius 3 is 2.18 bits per heavy atom. The largest absolute Gasteiger partial charge is 0.391 e. The highest BCUT2D eigenvalue weighted by Crippen LogP contribution is 2.36. The van der Waals surface area contributed by atoms with Gasteiger partial charge in [0.05, 0.1) is 5.92 Å². The van der Waals surface area contributed by atoms with Crippen LogP contribution in [0.5, 0.6) is 0 Å². The van der Waals surface area contributed by atoms with E-state index in [-0.39, 0.29) is 18.9 Å². The van der Waals surface area contributed by atoms with Gasteiger partial charge >= 0.3 is 6.18 Å². The van der Waals surface area contributed by atoms with E-state index in [1.165, 1.54) is 0 Å². The second-order valence-electron chi connectivity index (χ2n) is 3.17. The lowest BCUT2D eigenvalue weighted by Crippen LogP contribution is -2.35. The van der Waals surface area contributed by atoms with Crippen molar-refractivity contribution in [2.45, 2.75) is 37.9 Å². The van der Waals surface area contributed by atoms with Gasteiger partial charge in [-0.1, -0.05) is 6.42 Å². The van der Waals surface area contributed by atoms with E-state index in [1.54, 1.807) is 0 Å². The molecule has 0 unspecified atom stereocenters. The summed E-state index contributed by atoms with van der Waals surface area (Å²) in [6.07, 6.45) is -2.29. The van der Waals surface area contributed by atoms with Crippen LogP contribution in [0.1, 0.15) is 25.7 Å². The molecule has 11 heavy (non-hydrogen) atoms. The summed E-state index contributed by atoms with van der Waals surface area (Å²) in [6, 6.07) is -0.240. The van der Waals surface area contributed by atoms with Gasteiger partial charge in [-0.15, -0.1) is 0 Å². The lowest BCUT2D eigenvalue weighted by molar-refractivity contribution is -0.182. The third kappa shape index (κ3) is 2.36. The van der Waals surface area contributed by atoms with Crippen molar-refractivity contribution in [2.24, 2.45) is 11.7 Å². The van der Waals surface area contributed by atoms with Crippen LogP contribution >= 0.6 is 0 Å². The molecule has 0 aromatic rings. The van der Waals surface area contributed by atoms with Crippen LogP contribution in [-0.4, -0.2) is 12.2 Å². The van der Waals surface area contributed by atoms with Crippen LogP contribution in [0.3, 0.4) is 0 Å². The Morgan fingerprint density at radius 2 is 1.82 bits per heavy atom. The number of halogens is 3. The Bertz CT molecular complexity index is 132. The smallest absolute Gasteiger partial charge is 0.328 e. The number of rotatable bonds is 0. The van der Waals surface area contributed by atoms with Crippen molar-refractivity contribution in [2.75, 3.05) is 0 Å². The number of nitrogens with two attached hydrogens (primary N) is 1. The second kappa shape index (κ2) is 3.01. The molecular weight excluding hydrogens is 155 g/mol. The van der Waals surface area contributed by atoms with Gasteiger partial charge in [0.15, 0.2) is 0 Å². The average Bonchev–Trinajstić information content (AvgIpc) is 1.86. The Labute approximate surface area is 63.8 Å². The third-order valence-corrected chi connectivity index (χ3v) is 2.18. The Hall–Kier alpha value is -0.250. The van der Waals surface area contributed by atoms with E-state index in [4.69, 9.17) is 5.73 Å². The predicted molar refractivity (Wildman–Crippen MR) is 36.0 cm³/mol. The molecule has 1 nitrogen and oxygen atoms in total. The molecular formula is C7H12F3N. The molecule has 0 radical (unpaired) electrons. The van der Waals surface area contributed by atoms with Crippen LogP contribution < -0.4 is 5.73 Å². The first-order chi connectivity index (χ1) is 5.00. The molecule has 1 aliphatic rings. The molecule has 0 heterocycles. The summed E-state index contributed by atoms with van der Waals surface area (Å²) >= 11 is 0. The molecule has 4 heteroatoms. The van der Waals surface area contributed by atoms with Gasteiger partial charge in [0.25, 0.3) is 0 Å². The normalized spacial score (nSPS) is 33.8. The van der Waals surface area contributed by atoms with Crippen molar-refractivity contribution in [3.63, 3.8) is 0 Å². The van der Waals surface area contributed by atoms with Crippen molar-refractivity contribution in [1.29, 1.82) is 0 Å². The summed E-state index contributed by atoms with van der Waals surface area (Å²) in [5.74, 6) is -1.15. The average molecular weight is 167 g/mol. The fraction of sp³-hybridized carbons (Fsp3) is 1.00. The molecule has 2 N–H and O–H groups in total. The van der Waals surface area contributed by atoms with Gasteiger partial charge in [-0.05, 0) is 19.3 Å². The maximum absolute atomic E-state index is 12.1. The monoisotopic (exact) mass is 167 g/mol. The van der Waals surface area contributed by atoms with Gasteiger partial charge in [0, 0.05) is 6.04 Å². The summed E-state index contributed by atoms with van der Waals surface area (Å²) in [5, 5.41) is 0. The Balaban J connectivity index is 2.46. The molecule has 1 fully saturated rings. The first-order valence-electron chi connectivity index (χ1n) is 3.82. The van der Waals surface area contributed by atoms with Gasteiger partial charge < -0.3 is 5.73 Å². The quantitative estimate of drug-likeness (QED) is 0.587. The van der Waals surface area contributed by atoms with E-state index in [9.17, 15) is 13.2 Å². The summed E-state index contributed by atoms with van der Waals surface area (Å²) in [6.45, 7) is 0. The minimum Gasteiger partial charge on any atom is -0.328 e. The van der Waals surface area contributed by atoms with E-state index in [2.05, 4.69) is 0 Å². The number of hydrogen-bond donors (Lipinski definition) is 1. The van der Waals surface area contributed by atoms with Gasteiger partial charge in [-0.2, -0.15) is 13.2 Å². The van der Waals surface area contributed by atoms with E-state index < -0.39 is 12.1 Å². The fourth-order valence-electron chi connectivity index (χ4n) is 1.52. The van der Waals surface area contributed by atoms with E-state index in [0.29, 0.717) is 6.42 Å². The lowest BCUT2D eigenvalue weighted by atomic mass is 9.86. The van der Waals surface area contributed by atoms with Gasteiger partial charge in [-0.25, -0.2) is 0 Å². The Kier molecular flexibility index (Phi) is 2.42. The molecule has 0 saturated heterocycles. The maximum atomic E-state index is 12.1. The first-order valence-corrected chi connectivity index (χ1v) is 3.82. The number of alkyl halides is 3. The zero-order chi connectivity index (χ0) is 8.48. The first kappa shape index (κ1) is 8.84. The van der Waals surface area contributed by atoms with Crippen LogP contribution in [0, 0.1) is 5.92 Å². The maximum Gasteiger partial charge on any atom is 0.391 e. The molecule has 0 aliphatic heterocycles. The Morgan fingerprint density at radius 1 is 1.18 bits per heavy atom. The van der Waals surface area contributed by atoms with Crippen LogP contribution in [0.2, 0.25) is 0 Å². The SMILES string of the molecule is N[C@@H]1CCC[C@@H](C(F)(F)F)C1. The summed E-state index contributed by atoms with van der Waals surface area (Å²) in [7, 11) is 0. The van der Waals surface area contributed by atoms with Crippen LogP contribution in [0.15, 0.2) is 0 Å². The van der Waals surface area contributed by atoms with Crippen molar-refractivity contribution in [1.82, 2.24) is 0 Å². The van der Waals surface area contributed by atoms with Crippen molar-refractivity contribution in [3.05, 3.63) is 0 Å². The van der Waals surface area contributed by atoms with Crippen molar-refractivity contribution >= 4 is 0 Å². The van der Waals surface area contributed by atoms with Crippen LogP contribution in [0.4, 0.5) is 13.2 Å². The van der Waals surface area contributed by atoms with Crippen molar-refractivity contribution in [3.8, 4) is 0 Å². The fourth-order valence-corrected chi connectivity index (χ4v) is 1.52. The highest BCUT2D eigenvalue weighted by Gasteiger charge is 2.41. The zero-order valence-electron chi connectivity index (χ0n) is 6.19. The van der Waals surface area contributed by atoms with E-state index in [1.807, 2.05) is 0 Å². The molecule has 0 bridgehead atoms. The third-order valence-electron chi connectivity index (χ3n) is 2.18. The molecule has 0 aromatic carbocycles. The minimum absolute atomic E-state index is 0.115. The van der Waals surface area contributed by atoms with Crippen molar-refractivity contribution < 1.29 is 13.2 Å². The highest BCUT2D eigenvalue weighted by atomic mass is 19.4. The predicted octanol–water partition coefficient (Wildman–Crippen LogP) is 2.07. The molecule has 0 spiro atoms. The molecule has 1 saturated carbocycles. The van der Waals surface area contributed by atoms with Crippen LogP contribution in [-0.2, 0) is 0 Å². The summed E-state index contributed by atoms with van der Waals surface area (Å²) in [5.41, 5.74) is 5.42. The summed E-state index contributed by atoms with van der Waals surface area (Å²) in [4.78, 5) is 0. The molecule has 66 valence electrons. The molecule has 1 rings (SSSR count). The lowest BCUT2D eigenvalue weighted by Gasteiger charge is -2.28. The second-order valence-corrected chi connectivity index (χ2v) is 3.17. The molecule has 0 amide bonds. The molecule has 2 atom stereocenters. The standard InChI is InChI=1S/C7H12F3N/c8-7(9,10)5-2-1-3-6(11)4-5/h5-6H,1-4,11H2/t5-,6-/m1/s1. The molecule has 0 aromatic heterocycles. The topological polar surface area (TPSA) is 26.0 Å². The highest BCUT2D eigenvalue weighted by molar-refractivity contribution is 4.79. The van der Waals surface area contributed by atoms with Gasteiger partial charge in [0.1, 0.15) is 0 Å². The van der Waals surface area contributed by atoms with E-state index in [0.717, 1.165) is 6.42 Å². The minimum atomic E-state index is -4.03. The van der Waals surface area contributed by atoms with E-state index >= 15 is 0 Å². The zero-order valence-corrected chi connectivity index (χ0v) is 6.19. The number of hydrogen-bond acceptors (Lipinski definition) is 1. The van der Waals surface area contributed by atoms with Gasteiger partial charge in [0.2, 0.25) is 0 Å². The summed E-state index contributed by atoms with van der Waals surface area (Å²) < 4.78 is 36.2. The van der Waals surface area contributed by atoms with Gasteiger partial charge in [-0.3, -0.25) is 0 Å². The van der Waals surface area contributed by atoms with Crippen LogP contribution in [0.25, 0.3) is 0 Å².